The van der Waals surface area contributed by atoms with Crippen LogP contribution in [0, 0.1) is 10.1 Å². The Morgan fingerprint density at radius 3 is 2.41 bits per heavy atom. The van der Waals surface area contributed by atoms with Crippen molar-refractivity contribution in [2.45, 2.75) is 17.1 Å². The number of thioether (sulfide) groups is 1. The van der Waals surface area contributed by atoms with Gasteiger partial charge in [0.05, 0.1) is 27.3 Å². The van der Waals surface area contributed by atoms with Crippen LogP contribution in [0.25, 0.3) is 16.7 Å². The minimum absolute atomic E-state index is 0.0740. The van der Waals surface area contributed by atoms with E-state index in [0.29, 0.717) is 5.52 Å². The number of anilines is 2. The molecule has 164 valence electrons. The van der Waals surface area contributed by atoms with Crippen LogP contribution >= 0.6 is 11.8 Å². The van der Waals surface area contributed by atoms with Crippen LogP contribution in [0.4, 0.5) is 30.8 Å². The molecule has 0 unspecified atom stereocenters. The summed E-state index contributed by atoms with van der Waals surface area (Å²) in [5.41, 5.74) is 10.9. The van der Waals surface area contributed by atoms with Crippen LogP contribution < -0.4 is 11.5 Å². The van der Waals surface area contributed by atoms with Gasteiger partial charge in [-0.15, -0.1) is 0 Å². The van der Waals surface area contributed by atoms with Gasteiger partial charge in [-0.1, -0.05) is 17.8 Å². The number of nitro groups is 1. The maximum absolute atomic E-state index is 13.3. The lowest BCUT2D eigenvalue weighted by atomic mass is 10.2. The normalized spacial score (nSPS) is 11.7. The molecule has 4 N–H and O–H groups in total. The Balaban J connectivity index is 1.83. The van der Waals surface area contributed by atoms with Crippen molar-refractivity contribution >= 4 is 40.4 Å². The topological polar surface area (TPSA) is 152 Å². The van der Waals surface area contributed by atoms with E-state index < -0.39 is 16.7 Å². The van der Waals surface area contributed by atoms with E-state index in [9.17, 15) is 23.3 Å². The third-order valence-electron chi connectivity index (χ3n) is 4.30. The van der Waals surface area contributed by atoms with E-state index in [-0.39, 0.29) is 45.5 Å². The van der Waals surface area contributed by atoms with E-state index in [1.54, 1.807) is 0 Å². The summed E-state index contributed by atoms with van der Waals surface area (Å²) in [6.45, 7) is 0. The summed E-state index contributed by atoms with van der Waals surface area (Å²) in [7, 11) is 0. The van der Waals surface area contributed by atoms with Gasteiger partial charge in [-0.25, -0.2) is 4.98 Å². The van der Waals surface area contributed by atoms with E-state index in [1.165, 1.54) is 34.9 Å². The summed E-state index contributed by atoms with van der Waals surface area (Å²) < 4.78 is 41.3. The Morgan fingerprint density at radius 1 is 1.03 bits per heavy atom. The second-order valence-electron chi connectivity index (χ2n) is 6.46. The molecule has 0 bridgehead atoms. The van der Waals surface area contributed by atoms with Gasteiger partial charge in [0.1, 0.15) is 5.82 Å². The van der Waals surface area contributed by atoms with Gasteiger partial charge < -0.3 is 11.5 Å². The highest BCUT2D eigenvalue weighted by Crippen LogP contribution is 2.34. The standard InChI is InChI=1S/C18H13F3N8O2S/c19-18(20,21)9-2-1-3-10(6-9)28-13-5-4-11(29(30)31)7-12(13)24-17(28)32-8-14-25-15(22)27-16(23)26-14/h1-7H,8H2,(H4,22,23,25,26,27). The Hall–Kier alpha value is -3.94. The molecule has 0 aliphatic rings. The fourth-order valence-corrected chi connectivity index (χ4v) is 3.86. The molecule has 0 spiro atoms. The number of nitrogens with zero attached hydrogens (tertiary/aromatic N) is 6. The Labute approximate surface area is 181 Å². The summed E-state index contributed by atoms with van der Waals surface area (Å²) in [6.07, 6.45) is -4.54. The molecule has 0 saturated carbocycles. The van der Waals surface area contributed by atoms with E-state index in [4.69, 9.17) is 11.5 Å². The molecule has 2 heterocycles. The lowest BCUT2D eigenvalue weighted by Crippen LogP contribution is -2.07. The highest BCUT2D eigenvalue weighted by atomic mass is 32.2. The summed E-state index contributed by atoms with van der Waals surface area (Å²) in [4.78, 5) is 26.6. The summed E-state index contributed by atoms with van der Waals surface area (Å²) in [5.74, 6) is 0.222. The minimum atomic E-state index is -4.54. The zero-order valence-corrected chi connectivity index (χ0v) is 16.8. The molecule has 0 fully saturated rings. The first-order chi connectivity index (χ1) is 15.1. The summed E-state index contributed by atoms with van der Waals surface area (Å²) in [5, 5.41) is 11.4. The van der Waals surface area contributed by atoms with Crippen molar-refractivity contribution in [1.29, 1.82) is 0 Å². The van der Waals surface area contributed by atoms with Gasteiger partial charge in [-0.05, 0) is 24.3 Å². The number of nitro benzene ring substituents is 1. The number of aromatic nitrogens is 5. The largest absolute Gasteiger partial charge is 0.416 e. The number of non-ortho nitro benzene ring substituents is 1. The molecule has 10 nitrogen and oxygen atoms in total. The van der Waals surface area contributed by atoms with E-state index in [0.717, 1.165) is 23.9 Å². The number of fused-ring (bicyclic) bond motifs is 1. The molecule has 2 aromatic carbocycles. The predicted molar refractivity (Wildman–Crippen MR) is 111 cm³/mol. The zero-order valence-electron chi connectivity index (χ0n) is 15.9. The van der Waals surface area contributed by atoms with Gasteiger partial charge >= 0.3 is 6.18 Å². The molecule has 0 radical (unpaired) electrons. The number of alkyl halides is 3. The summed E-state index contributed by atoms with van der Waals surface area (Å²) in [6, 6.07) is 8.64. The number of imidazole rings is 1. The second kappa shape index (κ2) is 7.96. The van der Waals surface area contributed by atoms with Crippen molar-refractivity contribution in [3.05, 3.63) is 64.0 Å². The first kappa shape index (κ1) is 21.3. The number of rotatable bonds is 5. The van der Waals surface area contributed by atoms with Gasteiger partial charge in [0.15, 0.2) is 5.16 Å². The Bertz CT molecular complexity index is 1320. The quantitative estimate of drug-likeness (QED) is 0.257. The van der Waals surface area contributed by atoms with Gasteiger partial charge in [0.25, 0.3) is 5.69 Å². The number of hydrogen-bond donors (Lipinski definition) is 2. The number of halogens is 3. The fraction of sp³-hybridized carbons (Fsp3) is 0.111. The molecule has 4 aromatic rings. The molecule has 32 heavy (non-hydrogen) atoms. The van der Waals surface area contributed by atoms with Crippen molar-refractivity contribution in [2.24, 2.45) is 0 Å². The molecule has 0 atom stereocenters. The van der Waals surface area contributed by atoms with Crippen molar-refractivity contribution < 1.29 is 18.1 Å². The maximum Gasteiger partial charge on any atom is 0.416 e. The van der Waals surface area contributed by atoms with Crippen molar-refractivity contribution in [2.75, 3.05) is 11.5 Å². The monoisotopic (exact) mass is 462 g/mol. The minimum Gasteiger partial charge on any atom is -0.368 e. The number of benzene rings is 2. The average Bonchev–Trinajstić information content (AvgIpc) is 3.08. The van der Waals surface area contributed by atoms with Gasteiger partial charge in [0, 0.05) is 17.8 Å². The van der Waals surface area contributed by atoms with E-state index in [2.05, 4.69) is 19.9 Å². The van der Waals surface area contributed by atoms with Gasteiger partial charge in [0.2, 0.25) is 11.9 Å². The molecular formula is C18H13F3N8O2S. The second-order valence-corrected chi connectivity index (χ2v) is 7.41. The molecular weight excluding hydrogens is 449 g/mol. The third kappa shape index (κ3) is 4.25. The van der Waals surface area contributed by atoms with Crippen LogP contribution in [0.2, 0.25) is 0 Å². The maximum atomic E-state index is 13.3. The van der Waals surface area contributed by atoms with Gasteiger partial charge in [-0.2, -0.15) is 28.1 Å². The lowest BCUT2D eigenvalue weighted by Gasteiger charge is -2.12. The van der Waals surface area contributed by atoms with Crippen LogP contribution in [-0.4, -0.2) is 29.4 Å². The molecule has 0 aliphatic carbocycles. The highest BCUT2D eigenvalue weighted by Gasteiger charge is 2.31. The van der Waals surface area contributed by atoms with Crippen LogP contribution in [0.15, 0.2) is 47.6 Å². The summed E-state index contributed by atoms with van der Waals surface area (Å²) >= 11 is 1.10. The molecule has 0 saturated heterocycles. The molecule has 14 heteroatoms. The van der Waals surface area contributed by atoms with Crippen LogP contribution in [0.3, 0.4) is 0 Å². The third-order valence-corrected chi connectivity index (χ3v) is 5.23. The lowest BCUT2D eigenvalue weighted by molar-refractivity contribution is -0.384. The smallest absolute Gasteiger partial charge is 0.368 e. The molecule has 0 aliphatic heterocycles. The predicted octanol–water partition coefficient (Wildman–Crippen LogP) is 3.59. The first-order valence-corrected chi connectivity index (χ1v) is 9.83. The van der Waals surface area contributed by atoms with Crippen LogP contribution in [0.5, 0.6) is 0 Å². The molecule has 4 rings (SSSR count). The number of nitrogen functional groups attached to an aromatic ring is 2. The van der Waals surface area contributed by atoms with Crippen LogP contribution in [-0.2, 0) is 11.9 Å². The first-order valence-electron chi connectivity index (χ1n) is 8.85. The highest BCUT2D eigenvalue weighted by molar-refractivity contribution is 7.98. The SMILES string of the molecule is Nc1nc(N)nc(CSc2nc3cc([N+](=O)[O-])ccc3n2-c2cccc(C(F)(F)F)c2)n1. The fourth-order valence-electron chi connectivity index (χ4n) is 2.98. The van der Waals surface area contributed by atoms with Crippen LogP contribution in [0.1, 0.15) is 11.4 Å². The number of hydrogen-bond acceptors (Lipinski definition) is 9. The van der Waals surface area contributed by atoms with Crippen molar-refractivity contribution in [3.8, 4) is 5.69 Å². The zero-order chi connectivity index (χ0) is 23.0. The van der Waals surface area contributed by atoms with E-state index >= 15 is 0 Å². The average molecular weight is 462 g/mol. The van der Waals surface area contributed by atoms with E-state index in [1.807, 2.05) is 0 Å². The number of nitrogens with two attached hydrogens (primary N) is 2. The Kier molecular flexibility index (Phi) is 5.30. The molecule has 0 amide bonds. The molecule has 2 aromatic heterocycles. The van der Waals surface area contributed by atoms with Crippen molar-refractivity contribution in [3.63, 3.8) is 0 Å². The Morgan fingerprint density at radius 2 is 1.75 bits per heavy atom. The van der Waals surface area contributed by atoms with Crippen molar-refractivity contribution in [1.82, 2.24) is 24.5 Å². The van der Waals surface area contributed by atoms with Gasteiger partial charge in [-0.3, -0.25) is 14.7 Å².